The van der Waals surface area contributed by atoms with Crippen LogP contribution in [-0.4, -0.2) is 49.2 Å². The summed E-state index contributed by atoms with van der Waals surface area (Å²) < 4.78 is 5.65. The Morgan fingerprint density at radius 1 is 1.33 bits per heavy atom. The lowest BCUT2D eigenvalue weighted by molar-refractivity contribution is -0.152. The fraction of sp³-hybridized carbons (Fsp3) is 0.929. The molecule has 1 N–H and O–H groups in total. The van der Waals surface area contributed by atoms with Crippen molar-refractivity contribution >= 4 is 5.91 Å². The third-order valence-electron chi connectivity index (χ3n) is 4.64. The van der Waals surface area contributed by atoms with E-state index in [1.54, 1.807) is 0 Å². The summed E-state index contributed by atoms with van der Waals surface area (Å²) in [5.74, 6) is 0.174. The van der Waals surface area contributed by atoms with Gasteiger partial charge in [0.15, 0.2) is 0 Å². The third kappa shape index (κ3) is 2.69. The van der Waals surface area contributed by atoms with Crippen molar-refractivity contribution in [3.63, 3.8) is 0 Å². The first-order chi connectivity index (χ1) is 8.57. The largest absolute Gasteiger partial charge is 0.365 e. The zero-order valence-electron chi connectivity index (χ0n) is 11.9. The van der Waals surface area contributed by atoms with Crippen LogP contribution >= 0.6 is 0 Å². The maximum absolute atomic E-state index is 12.5. The van der Waals surface area contributed by atoms with Crippen molar-refractivity contribution in [1.29, 1.82) is 0 Å². The number of likely N-dealkylation sites (N-methyl/N-ethyl adjacent to an activating group) is 1. The summed E-state index contributed by atoms with van der Waals surface area (Å²) in [6, 6.07) is 1.02. The Balaban J connectivity index is 1.91. The van der Waals surface area contributed by atoms with Crippen molar-refractivity contribution in [2.75, 3.05) is 20.7 Å². The summed E-state index contributed by atoms with van der Waals surface area (Å²) in [6.45, 7) is 2.67. The minimum atomic E-state index is -0.561. The molecule has 4 nitrogen and oxygen atoms in total. The first-order valence-corrected chi connectivity index (χ1v) is 7.15. The highest BCUT2D eigenvalue weighted by molar-refractivity contribution is 5.85. The summed E-state index contributed by atoms with van der Waals surface area (Å²) in [7, 11) is 3.97. The molecule has 1 aliphatic carbocycles. The predicted octanol–water partition coefficient (Wildman–Crippen LogP) is 1.54. The van der Waals surface area contributed by atoms with E-state index in [0.29, 0.717) is 12.1 Å². The molecule has 0 spiro atoms. The molecule has 104 valence electrons. The van der Waals surface area contributed by atoms with E-state index < -0.39 is 5.60 Å². The smallest absolute Gasteiger partial charge is 0.254 e. The molecule has 2 fully saturated rings. The van der Waals surface area contributed by atoms with Gasteiger partial charge in [0.05, 0.1) is 0 Å². The minimum Gasteiger partial charge on any atom is -0.365 e. The molecule has 1 saturated carbocycles. The van der Waals surface area contributed by atoms with E-state index in [1.165, 1.54) is 0 Å². The monoisotopic (exact) mass is 254 g/mol. The molecule has 0 aromatic rings. The molecule has 1 atom stereocenters. The standard InChI is InChI=1S/C14H26N2O2/c1-14(9-4-10-18-14)13(17)16(3)12-7-5-11(15-2)6-8-12/h11-12,15H,4-10H2,1-3H3. The molecule has 4 heteroatoms. The van der Waals surface area contributed by atoms with Crippen molar-refractivity contribution in [1.82, 2.24) is 10.2 Å². The van der Waals surface area contributed by atoms with Gasteiger partial charge in [-0.25, -0.2) is 0 Å². The number of carbonyl (C=O) groups excluding carboxylic acids is 1. The van der Waals surface area contributed by atoms with E-state index in [1.807, 2.05) is 25.9 Å². The van der Waals surface area contributed by atoms with Crippen LogP contribution in [0.3, 0.4) is 0 Å². The highest BCUT2D eigenvalue weighted by Crippen LogP contribution is 2.30. The third-order valence-corrected chi connectivity index (χ3v) is 4.64. The van der Waals surface area contributed by atoms with Gasteiger partial charge in [0.1, 0.15) is 5.60 Å². The molecule has 0 bridgehead atoms. The number of hydrogen-bond acceptors (Lipinski definition) is 3. The lowest BCUT2D eigenvalue weighted by Gasteiger charge is -2.38. The van der Waals surface area contributed by atoms with Gasteiger partial charge in [-0.05, 0) is 52.5 Å². The maximum atomic E-state index is 12.5. The van der Waals surface area contributed by atoms with Gasteiger partial charge in [-0.3, -0.25) is 4.79 Å². The second-order valence-electron chi connectivity index (χ2n) is 5.89. The van der Waals surface area contributed by atoms with E-state index in [9.17, 15) is 4.79 Å². The molecule has 1 heterocycles. The van der Waals surface area contributed by atoms with Crippen LogP contribution in [0.15, 0.2) is 0 Å². The van der Waals surface area contributed by atoms with Crippen LogP contribution in [0.4, 0.5) is 0 Å². The average Bonchev–Trinajstić information content (AvgIpc) is 2.85. The SMILES string of the molecule is CNC1CCC(N(C)C(=O)C2(C)CCCO2)CC1. The number of carbonyl (C=O) groups is 1. The minimum absolute atomic E-state index is 0.174. The van der Waals surface area contributed by atoms with Gasteiger partial charge >= 0.3 is 0 Å². The predicted molar refractivity (Wildman–Crippen MR) is 71.5 cm³/mol. The number of nitrogens with one attached hydrogen (secondary N) is 1. The molecule has 0 aromatic heterocycles. The molecule has 1 aliphatic heterocycles. The highest BCUT2D eigenvalue weighted by Gasteiger charge is 2.41. The Morgan fingerprint density at radius 2 is 2.00 bits per heavy atom. The van der Waals surface area contributed by atoms with E-state index in [4.69, 9.17) is 4.74 Å². The normalized spacial score (nSPS) is 36.6. The Labute approximate surface area is 110 Å². The van der Waals surface area contributed by atoms with Gasteiger partial charge in [0, 0.05) is 25.7 Å². The lowest BCUT2D eigenvalue weighted by atomic mass is 9.89. The molecular formula is C14H26N2O2. The molecular weight excluding hydrogens is 228 g/mol. The molecule has 2 rings (SSSR count). The van der Waals surface area contributed by atoms with E-state index in [0.717, 1.165) is 45.1 Å². The molecule has 1 amide bonds. The summed E-state index contributed by atoms with van der Waals surface area (Å²) in [6.07, 6.45) is 6.39. The Bertz CT molecular complexity index is 292. The van der Waals surface area contributed by atoms with Crippen LogP contribution in [0, 0.1) is 0 Å². The first kappa shape index (κ1) is 13.8. The van der Waals surface area contributed by atoms with Gasteiger partial charge in [-0.15, -0.1) is 0 Å². The number of amides is 1. The number of rotatable bonds is 3. The molecule has 18 heavy (non-hydrogen) atoms. The van der Waals surface area contributed by atoms with Crippen LogP contribution < -0.4 is 5.32 Å². The van der Waals surface area contributed by atoms with E-state index in [-0.39, 0.29) is 5.91 Å². The van der Waals surface area contributed by atoms with Gasteiger partial charge in [0.2, 0.25) is 0 Å². The molecule has 0 radical (unpaired) electrons. The Kier molecular flexibility index (Phi) is 4.28. The fourth-order valence-electron chi connectivity index (χ4n) is 3.24. The fourth-order valence-corrected chi connectivity index (χ4v) is 3.24. The zero-order valence-corrected chi connectivity index (χ0v) is 11.9. The molecule has 1 saturated heterocycles. The van der Waals surface area contributed by atoms with Crippen LogP contribution in [0.5, 0.6) is 0 Å². The van der Waals surface area contributed by atoms with E-state index in [2.05, 4.69) is 5.32 Å². The Hall–Kier alpha value is -0.610. The summed E-state index contributed by atoms with van der Waals surface area (Å²) in [5, 5.41) is 3.33. The van der Waals surface area contributed by atoms with Crippen molar-refractivity contribution in [2.24, 2.45) is 0 Å². The topological polar surface area (TPSA) is 41.6 Å². The maximum Gasteiger partial charge on any atom is 0.254 e. The number of ether oxygens (including phenoxy) is 1. The van der Waals surface area contributed by atoms with Gasteiger partial charge in [0.25, 0.3) is 5.91 Å². The molecule has 1 unspecified atom stereocenters. The quantitative estimate of drug-likeness (QED) is 0.831. The van der Waals surface area contributed by atoms with Crippen LogP contribution in [0.1, 0.15) is 45.4 Å². The second kappa shape index (κ2) is 5.57. The lowest BCUT2D eigenvalue weighted by Crippen LogP contribution is -2.50. The van der Waals surface area contributed by atoms with E-state index >= 15 is 0 Å². The van der Waals surface area contributed by atoms with Crippen molar-refractivity contribution in [2.45, 2.75) is 63.1 Å². The van der Waals surface area contributed by atoms with Crippen LogP contribution in [0.2, 0.25) is 0 Å². The first-order valence-electron chi connectivity index (χ1n) is 7.15. The number of hydrogen-bond donors (Lipinski definition) is 1. The van der Waals surface area contributed by atoms with Crippen molar-refractivity contribution < 1.29 is 9.53 Å². The van der Waals surface area contributed by atoms with Crippen LogP contribution in [0.25, 0.3) is 0 Å². The number of nitrogens with zero attached hydrogens (tertiary/aromatic N) is 1. The average molecular weight is 254 g/mol. The summed E-state index contributed by atoms with van der Waals surface area (Å²) in [4.78, 5) is 14.4. The van der Waals surface area contributed by atoms with Gasteiger partial charge in [-0.2, -0.15) is 0 Å². The van der Waals surface area contributed by atoms with Crippen LogP contribution in [-0.2, 0) is 9.53 Å². The highest BCUT2D eigenvalue weighted by atomic mass is 16.5. The summed E-state index contributed by atoms with van der Waals surface area (Å²) >= 11 is 0. The molecule has 0 aromatic carbocycles. The van der Waals surface area contributed by atoms with Gasteiger partial charge in [-0.1, -0.05) is 0 Å². The van der Waals surface area contributed by atoms with Crippen molar-refractivity contribution in [3.8, 4) is 0 Å². The summed E-state index contributed by atoms with van der Waals surface area (Å²) in [5.41, 5.74) is -0.561. The molecule has 2 aliphatic rings. The second-order valence-corrected chi connectivity index (χ2v) is 5.89. The van der Waals surface area contributed by atoms with Crippen molar-refractivity contribution in [3.05, 3.63) is 0 Å². The zero-order chi connectivity index (χ0) is 13.2. The Morgan fingerprint density at radius 3 is 2.50 bits per heavy atom. The van der Waals surface area contributed by atoms with Gasteiger partial charge < -0.3 is 15.0 Å².